The fourth-order valence-electron chi connectivity index (χ4n) is 4.56. The summed E-state index contributed by atoms with van der Waals surface area (Å²) in [4.78, 5) is 17.5. The predicted octanol–water partition coefficient (Wildman–Crippen LogP) is 6.52. The van der Waals surface area contributed by atoms with E-state index in [2.05, 4.69) is 22.5 Å². The molecule has 1 unspecified atom stereocenters. The lowest BCUT2D eigenvalue weighted by atomic mass is 9.82. The molecule has 0 aliphatic heterocycles. The first kappa shape index (κ1) is 21.5. The van der Waals surface area contributed by atoms with Crippen LogP contribution >= 0.6 is 23.2 Å². The topological polar surface area (TPSA) is 39.8 Å². The smallest absolute Gasteiger partial charge is 0.251 e. The summed E-state index contributed by atoms with van der Waals surface area (Å²) in [5.74, 6) is 0. The first-order chi connectivity index (χ1) is 15.9. The maximum Gasteiger partial charge on any atom is 0.251 e. The molecule has 164 valence electrons. The molecule has 0 bridgehead atoms. The summed E-state index contributed by atoms with van der Waals surface area (Å²) in [6.07, 6.45) is 5.49. The molecule has 1 atom stereocenters. The van der Waals surface area contributed by atoms with Crippen LogP contribution in [0.1, 0.15) is 18.1 Å². The van der Waals surface area contributed by atoms with Crippen molar-refractivity contribution in [3.63, 3.8) is 0 Å². The molecule has 5 rings (SSSR count). The Morgan fingerprint density at radius 2 is 1.67 bits per heavy atom. The fourth-order valence-corrected chi connectivity index (χ4v) is 4.88. The highest BCUT2D eigenvalue weighted by Gasteiger charge is 2.33. The van der Waals surface area contributed by atoms with E-state index in [0.717, 1.165) is 33.2 Å². The average Bonchev–Trinajstić information content (AvgIpc) is 3.36. The van der Waals surface area contributed by atoms with Crippen LogP contribution in [0, 0.1) is 0 Å². The van der Waals surface area contributed by atoms with Gasteiger partial charge in [-0.05, 0) is 47.9 Å². The molecular formula is C27H21Cl2N3O. The molecule has 0 saturated heterocycles. The summed E-state index contributed by atoms with van der Waals surface area (Å²) < 4.78 is 3.77. The van der Waals surface area contributed by atoms with Gasteiger partial charge >= 0.3 is 0 Å². The number of aromatic nitrogens is 3. The number of hydrogen-bond acceptors (Lipinski definition) is 2. The molecule has 0 amide bonds. The largest absolute Gasteiger partial charge is 0.323 e. The van der Waals surface area contributed by atoms with Gasteiger partial charge in [-0.3, -0.25) is 4.79 Å². The number of aryl methyl sites for hydroxylation is 1. The number of rotatable bonds is 4. The third-order valence-corrected chi connectivity index (χ3v) is 6.83. The van der Waals surface area contributed by atoms with E-state index >= 15 is 0 Å². The van der Waals surface area contributed by atoms with E-state index in [9.17, 15) is 4.79 Å². The van der Waals surface area contributed by atoms with Crippen LogP contribution in [0.15, 0.2) is 96.3 Å². The zero-order valence-corrected chi connectivity index (χ0v) is 19.7. The van der Waals surface area contributed by atoms with Gasteiger partial charge in [-0.2, -0.15) is 0 Å². The molecule has 6 heteroatoms. The second-order valence-corrected chi connectivity index (χ2v) is 9.09. The quantitative estimate of drug-likeness (QED) is 0.298. The van der Waals surface area contributed by atoms with E-state index in [4.69, 9.17) is 23.2 Å². The summed E-state index contributed by atoms with van der Waals surface area (Å²) in [5.41, 5.74) is 3.87. The Morgan fingerprint density at radius 3 is 2.36 bits per heavy atom. The second kappa shape index (κ2) is 8.22. The Kier molecular flexibility index (Phi) is 5.35. The minimum Gasteiger partial charge on any atom is -0.323 e. The molecule has 3 aromatic carbocycles. The highest BCUT2D eigenvalue weighted by molar-refractivity contribution is 6.31. The average molecular weight is 474 g/mol. The Hall–Kier alpha value is -3.34. The van der Waals surface area contributed by atoms with Gasteiger partial charge in [-0.25, -0.2) is 4.98 Å². The van der Waals surface area contributed by atoms with Gasteiger partial charge in [-0.15, -0.1) is 0 Å². The summed E-state index contributed by atoms with van der Waals surface area (Å²) in [6.45, 7) is 2.13. The molecule has 2 heterocycles. The van der Waals surface area contributed by atoms with Crippen molar-refractivity contribution in [3.8, 4) is 11.1 Å². The highest BCUT2D eigenvalue weighted by Crippen LogP contribution is 2.40. The van der Waals surface area contributed by atoms with E-state index in [1.165, 1.54) is 0 Å². The third kappa shape index (κ3) is 3.56. The maximum atomic E-state index is 13.2. The lowest BCUT2D eigenvalue weighted by molar-refractivity contribution is 0.477. The molecule has 0 saturated carbocycles. The van der Waals surface area contributed by atoms with Crippen molar-refractivity contribution >= 4 is 34.1 Å². The molecule has 0 fully saturated rings. The van der Waals surface area contributed by atoms with Crippen molar-refractivity contribution in [3.05, 3.63) is 123 Å². The van der Waals surface area contributed by atoms with Crippen molar-refractivity contribution in [2.75, 3.05) is 0 Å². The number of benzene rings is 3. The van der Waals surface area contributed by atoms with Crippen molar-refractivity contribution in [1.82, 2.24) is 14.1 Å². The summed E-state index contributed by atoms with van der Waals surface area (Å²) in [6, 6.07) is 23.2. The van der Waals surface area contributed by atoms with Gasteiger partial charge in [0.15, 0.2) is 0 Å². The third-order valence-electron chi connectivity index (χ3n) is 6.35. The lowest BCUT2D eigenvalue weighted by Gasteiger charge is -2.34. The van der Waals surface area contributed by atoms with Gasteiger partial charge < -0.3 is 9.13 Å². The number of nitrogens with zero attached hydrogens (tertiary/aromatic N) is 3. The number of pyridine rings is 1. The molecule has 2 aromatic heterocycles. The van der Waals surface area contributed by atoms with Crippen molar-refractivity contribution in [2.45, 2.75) is 12.5 Å². The van der Waals surface area contributed by atoms with Crippen molar-refractivity contribution in [2.24, 2.45) is 7.05 Å². The van der Waals surface area contributed by atoms with Gasteiger partial charge in [0, 0.05) is 46.5 Å². The number of imidazole rings is 1. The number of fused-ring (bicyclic) bond motifs is 1. The van der Waals surface area contributed by atoms with E-state index < -0.39 is 5.54 Å². The van der Waals surface area contributed by atoms with Crippen LogP contribution < -0.4 is 5.56 Å². The SMILES string of the molecule is Cn1c(=O)cc(-c2cccc(Cl)c2)c2cccc(C(C)(c3ccc(Cl)cc3)n3ccnc3)c21. The Morgan fingerprint density at radius 1 is 0.909 bits per heavy atom. The highest BCUT2D eigenvalue weighted by atomic mass is 35.5. The van der Waals surface area contributed by atoms with Gasteiger partial charge in [0.1, 0.15) is 0 Å². The van der Waals surface area contributed by atoms with Crippen LogP contribution in [0.3, 0.4) is 0 Å². The molecule has 4 nitrogen and oxygen atoms in total. The number of halogens is 2. The lowest BCUT2D eigenvalue weighted by Crippen LogP contribution is -2.33. The van der Waals surface area contributed by atoms with Gasteiger partial charge in [0.05, 0.1) is 17.4 Å². The molecule has 33 heavy (non-hydrogen) atoms. The number of para-hydroxylation sites is 1. The fraction of sp³-hybridized carbons (Fsp3) is 0.111. The van der Waals surface area contributed by atoms with E-state index in [0.29, 0.717) is 10.0 Å². The van der Waals surface area contributed by atoms with Crippen LogP contribution in [0.4, 0.5) is 0 Å². The van der Waals surface area contributed by atoms with Crippen LogP contribution in [-0.2, 0) is 12.6 Å². The minimum atomic E-state index is -0.641. The Bertz CT molecular complexity index is 1520. The van der Waals surface area contributed by atoms with Gasteiger partial charge in [-0.1, -0.05) is 65.7 Å². The minimum absolute atomic E-state index is 0.0889. The first-order valence-corrected chi connectivity index (χ1v) is 11.3. The molecule has 0 aliphatic carbocycles. The maximum absolute atomic E-state index is 13.2. The molecule has 0 N–H and O–H groups in total. The second-order valence-electron chi connectivity index (χ2n) is 8.22. The van der Waals surface area contributed by atoms with E-state index in [1.54, 1.807) is 23.2 Å². The normalized spacial score (nSPS) is 13.2. The van der Waals surface area contributed by atoms with Crippen LogP contribution in [0.25, 0.3) is 22.0 Å². The Labute approximate surface area is 201 Å². The van der Waals surface area contributed by atoms with Gasteiger partial charge in [0.25, 0.3) is 5.56 Å². The predicted molar refractivity (Wildman–Crippen MR) is 135 cm³/mol. The van der Waals surface area contributed by atoms with Crippen molar-refractivity contribution < 1.29 is 0 Å². The monoisotopic (exact) mass is 473 g/mol. The Balaban J connectivity index is 1.89. The van der Waals surface area contributed by atoms with Crippen LogP contribution in [-0.4, -0.2) is 14.1 Å². The summed E-state index contributed by atoms with van der Waals surface area (Å²) in [5, 5.41) is 2.26. The summed E-state index contributed by atoms with van der Waals surface area (Å²) in [7, 11) is 1.81. The summed E-state index contributed by atoms with van der Waals surface area (Å²) >= 11 is 12.5. The van der Waals surface area contributed by atoms with Crippen LogP contribution in [0.2, 0.25) is 10.0 Å². The zero-order chi connectivity index (χ0) is 23.2. The van der Waals surface area contributed by atoms with Crippen molar-refractivity contribution in [1.29, 1.82) is 0 Å². The zero-order valence-electron chi connectivity index (χ0n) is 18.2. The molecule has 0 radical (unpaired) electrons. The van der Waals surface area contributed by atoms with E-state index in [1.807, 2.05) is 73.9 Å². The van der Waals surface area contributed by atoms with Gasteiger partial charge in [0.2, 0.25) is 0 Å². The molecule has 5 aromatic rings. The standard InChI is InChI=1S/C27H21Cl2N3O/c1-27(32-14-13-30-17-32,19-9-11-20(28)12-10-19)24-8-4-7-22-23(16-25(33)31(2)26(22)24)18-5-3-6-21(29)15-18/h3-17H,1-2H3. The van der Waals surface area contributed by atoms with E-state index in [-0.39, 0.29) is 5.56 Å². The molecule has 0 aliphatic rings. The first-order valence-electron chi connectivity index (χ1n) is 10.5. The molecular weight excluding hydrogens is 453 g/mol. The molecule has 0 spiro atoms. The number of hydrogen-bond donors (Lipinski definition) is 0. The van der Waals surface area contributed by atoms with Crippen LogP contribution in [0.5, 0.6) is 0 Å².